The number of benzene rings is 1. The van der Waals surface area contributed by atoms with Gasteiger partial charge in [0.25, 0.3) is 0 Å². The number of nitrogens with one attached hydrogen (secondary N) is 1. The fourth-order valence-electron chi connectivity index (χ4n) is 0.973. The highest BCUT2D eigenvalue weighted by Gasteiger charge is 2.19. The predicted octanol–water partition coefficient (Wildman–Crippen LogP) is 0.601. The first-order chi connectivity index (χ1) is 7.33. The van der Waals surface area contributed by atoms with Crippen LogP contribution in [-0.4, -0.2) is 20.4 Å². The molecular weight excluding hydrogens is 296 g/mol. The van der Waals surface area contributed by atoms with Crippen LogP contribution in [0.2, 0.25) is 0 Å². The van der Waals surface area contributed by atoms with Gasteiger partial charge in [-0.2, -0.15) is 4.72 Å². The first-order valence-corrected chi connectivity index (χ1v) is 6.68. The van der Waals surface area contributed by atoms with Crippen LogP contribution in [0.1, 0.15) is 6.92 Å². The molecule has 0 saturated heterocycles. The Morgan fingerprint density at radius 1 is 1.38 bits per heavy atom. The van der Waals surface area contributed by atoms with Gasteiger partial charge in [0.15, 0.2) is 0 Å². The second-order valence-corrected chi connectivity index (χ2v) is 5.83. The molecule has 5 nitrogen and oxygen atoms in total. The number of carbonyl (C=O) groups excluding carboxylic acids is 1. The molecule has 1 aromatic carbocycles. The highest BCUT2D eigenvalue weighted by atomic mass is 79.9. The van der Waals surface area contributed by atoms with Gasteiger partial charge in [0.1, 0.15) is 0 Å². The molecule has 1 aromatic rings. The van der Waals surface area contributed by atoms with E-state index in [0.29, 0.717) is 0 Å². The summed E-state index contributed by atoms with van der Waals surface area (Å²) in [5.74, 6) is -0.722. The van der Waals surface area contributed by atoms with Crippen molar-refractivity contribution >= 4 is 31.9 Å². The monoisotopic (exact) mass is 306 g/mol. The maximum absolute atomic E-state index is 11.7. The number of halogens is 1. The zero-order valence-corrected chi connectivity index (χ0v) is 10.9. The Morgan fingerprint density at radius 3 is 2.31 bits per heavy atom. The van der Waals surface area contributed by atoms with Crippen LogP contribution in [0.5, 0.6) is 0 Å². The molecule has 1 amide bonds. The zero-order valence-electron chi connectivity index (χ0n) is 8.48. The predicted molar refractivity (Wildman–Crippen MR) is 63.1 cm³/mol. The van der Waals surface area contributed by atoms with Crippen LogP contribution in [-0.2, 0) is 14.8 Å². The lowest BCUT2D eigenvalue weighted by molar-refractivity contribution is -0.119. The molecule has 0 aliphatic heterocycles. The first-order valence-electron chi connectivity index (χ1n) is 4.40. The lowest BCUT2D eigenvalue weighted by atomic mass is 10.4. The average Bonchev–Trinajstić information content (AvgIpc) is 2.17. The average molecular weight is 307 g/mol. The normalized spacial score (nSPS) is 13.4. The molecule has 0 aliphatic carbocycles. The molecule has 1 atom stereocenters. The summed E-state index contributed by atoms with van der Waals surface area (Å²) in [6, 6.07) is 5.13. The SMILES string of the molecule is C[C@H](NS(=O)(=O)c1ccc(Br)cc1)C(N)=O. The van der Waals surface area contributed by atoms with E-state index in [0.717, 1.165) is 4.47 Å². The molecule has 0 radical (unpaired) electrons. The summed E-state index contributed by atoms with van der Waals surface area (Å²) in [6.07, 6.45) is 0. The maximum Gasteiger partial charge on any atom is 0.241 e. The minimum atomic E-state index is -3.69. The third-order valence-electron chi connectivity index (χ3n) is 1.88. The van der Waals surface area contributed by atoms with Gasteiger partial charge in [-0.05, 0) is 31.2 Å². The van der Waals surface area contributed by atoms with E-state index in [1.165, 1.54) is 19.1 Å². The highest BCUT2D eigenvalue weighted by molar-refractivity contribution is 9.10. The third-order valence-corrected chi connectivity index (χ3v) is 3.97. The van der Waals surface area contributed by atoms with Crippen LogP contribution >= 0.6 is 15.9 Å². The van der Waals surface area contributed by atoms with Crippen molar-refractivity contribution in [3.05, 3.63) is 28.7 Å². The molecule has 3 N–H and O–H groups in total. The molecule has 0 unspecified atom stereocenters. The molecule has 0 saturated carbocycles. The van der Waals surface area contributed by atoms with Gasteiger partial charge in [0.05, 0.1) is 10.9 Å². The highest BCUT2D eigenvalue weighted by Crippen LogP contribution is 2.14. The smallest absolute Gasteiger partial charge is 0.241 e. The standard InChI is InChI=1S/C9H11BrN2O3S/c1-6(9(11)13)12-16(14,15)8-4-2-7(10)3-5-8/h2-6,12H,1H3,(H2,11,13)/t6-/m0/s1. The van der Waals surface area contributed by atoms with Crippen molar-refractivity contribution in [2.45, 2.75) is 17.9 Å². The van der Waals surface area contributed by atoms with Crippen molar-refractivity contribution in [2.75, 3.05) is 0 Å². The summed E-state index contributed by atoms with van der Waals surface area (Å²) in [4.78, 5) is 10.8. The summed E-state index contributed by atoms with van der Waals surface area (Å²) >= 11 is 3.20. The molecule has 0 fully saturated rings. The van der Waals surface area contributed by atoms with Crippen LogP contribution in [0.15, 0.2) is 33.6 Å². The maximum atomic E-state index is 11.7. The third kappa shape index (κ3) is 3.29. The number of amides is 1. The second-order valence-electron chi connectivity index (χ2n) is 3.20. The van der Waals surface area contributed by atoms with Crippen molar-refractivity contribution in [1.29, 1.82) is 0 Å². The Bertz CT molecular complexity index is 484. The van der Waals surface area contributed by atoms with Crippen LogP contribution in [0.4, 0.5) is 0 Å². The minimum Gasteiger partial charge on any atom is -0.368 e. The van der Waals surface area contributed by atoms with E-state index in [-0.39, 0.29) is 4.90 Å². The Hall–Kier alpha value is -0.920. The van der Waals surface area contributed by atoms with E-state index in [1.807, 2.05) is 0 Å². The van der Waals surface area contributed by atoms with Gasteiger partial charge < -0.3 is 5.73 Å². The number of primary amides is 1. The lowest BCUT2D eigenvalue weighted by Crippen LogP contribution is -2.42. The van der Waals surface area contributed by atoms with Crippen molar-refractivity contribution in [3.63, 3.8) is 0 Å². The van der Waals surface area contributed by atoms with Crippen LogP contribution < -0.4 is 10.5 Å². The molecular formula is C9H11BrN2O3S. The van der Waals surface area contributed by atoms with E-state index < -0.39 is 22.0 Å². The van der Waals surface area contributed by atoms with Gasteiger partial charge in [0, 0.05) is 4.47 Å². The van der Waals surface area contributed by atoms with Crippen molar-refractivity contribution in [3.8, 4) is 0 Å². The van der Waals surface area contributed by atoms with E-state index in [4.69, 9.17) is 5.73 Å². The van der Waals surface area contributed by atoms with Crippen molar-refractivity contribution in [1.82, 2.24) is 4.72 Å². The van der Waals surface area contributed by atoms with E-state index in [9.17, 15) is 13.2 Å². The summed E-state index contributed by atoms with van der Waals surface area (Å²) in [7, 11) is -3.69. The summed E-state index contributed by atoms with van der Waals surface area (Å²) in [5, 5.41) is 0. The fraction of sp³-hybridized carbons (Fsp3) is 0.222. The number of hydrogen-bond acceptors (Lipinski definition) is 3. The van der Waals surface area contributed by atoms with E-state index >= 15 is 0 Å². The van der Waals surface area contributed by atoms with Crippen molar-refractivity contribution in [2.24, 2.45) is 5.73 Å². The molecule has 0 aromatic heterocycles. The van der Waals surface area contributed by atoms with Crippen LogP contribution in [0, 0.1) is 0 Å². The quantitative estimate of drug-likeness (QED) is 0.853. The zero-order chi connectivity index (χ0) is 12.3. The fourth-order valence-corrected chi connectivity index (χ4v) is 2.45. The first kappa shape index (κ1) is 13.1. The van der Waals surface area contributed by atoms with Crippen LogP contribution in [0.25, 0.3) is 0 Å². The summed E-state index contributed by atoms with van der Waals surface area (Å²) in [6.45, 7) is 1.39. The number of carbonyl (C=O) groups is 1. The van der Waals surface area contributed by atoms with Gasteiger partial charge >= 0.3 is 0 Å². The number of sulfonamides is 1. The van der Waals surface area contributed by atoms with Gasteiger partial charge in [-0.3, -0.25) is 4.79 Å². The Balaban J connectivity index is 2.94. The molecule has 7 heteroatoms. The molecule has 0 spiro atoms. The Labute approximate surface area is 102 Å². The Morgan fingerprint density at radius 2 is 1.88 bits per heavy atom. The van der Waals surface area contributed by atoms with Gasteiger partial charge in [-0.15, -0.1) is 0 Å². The number of rotatable bonds is 4. The van der Waals surface area contributed by atoms with E-state index in [2.05, 4.69) is 20.7 Å². The Kier molecular flexibility index (Phi) is 4.06. The summed E-state index contributed by atoms with van der Waals surface area (Å²) < 4.78 is 26.4. The summed E-state index contributed by atoms with van der Waals surface area (Å²) in [5.41, 5.74) is 4.97. The van der Waals surface area contributed by atoms with Gasteiger partial charge in [0.2, 0.25) is 15.9 Å². The molecule has 0 bridgehead atoms. The molecule has 16 heavy (non-hydrogen) atoms. The lowest BCUT2D eigenvalue weighted by Gasteiger charge is -2.10. The second kappa shape index (κ2) is 4.94. The van der Waals surface area contributed by atoms with Crippen molar-refractivity contribution < 1.29 is 13.2 Å². The van der Waals surface area contributed by atoms with Crippen LogP contribution in [0.3, 0.4) is 0 Å². The van der Waals surface area contributed by atoms with E-state index in [1.54, 1.807) is 12.1 Å². The van der Waals surface area contributed by atoms with Gasteiger partial charge in [-0.1, -0.05) is 15.9 Å². The molecule has 88 valence electrons. The molecule has 0 heterocycles. The molecule has 1 rings (SSSR count). The topological polar surface area (TPSA) is 89.3 Å². The minimum absolute atomic E-state index is 0.0869. The largest absolute Gasteiger partial charge is 0.368 e. The number of hydrogen-bond donors (Lipinski definition) is 2. The van der Waals surface area contributed by atoms with Gasteiger partial charge in [-0.25, -0.2) is 8.42 Å². The number of nitrogens with two attached hydrogens (primary N) is 1. The molecule has 0 aliphatic rings.